The largest absolute Gasteiger partial charge is 0.481 e. The lowest BCUT2D eigenvalue weighted by Gasteiger charge is -2.39. The fraction of sp³-hybridized carbons (Fsp3) is 0.487. The molecule has 1 aliphatic carbocycles. The van der Waals surface area contributed by atoms with Gasteiger partial charge in [0.25, 0.3) is 0 Å². The summed E-state index contributed by atoms with van der Waals surface area (Å²) in [6.45, 7) is 10.9. The second kappa shape index (κ2) is 16.5. The monoisotopic (exact) mass is 709 g/mol. The zero-order chi connectivity index (χ0) is 37.5. The Balaban J connectivity index is 1.60. The van der Waals surface area contributed by atoms with E-state index in [4.69, 9.17) is 18.9 Å². The van der Waals surface area contributed by atoms with Gasteiger partial charge in [-0.15, -0.1) is 0 Å². The Morgan fingerprint density at radius 3 is 2.25 bits per heavy atom. The number of esters is 1. The molecule has 0 bridgehead atoms. The lowest BCUT2D eigenvalue weighted by molar-refractivity contribution is 0.0124. The van der Waals surface area contributed by atoms with Gasteiger partial charge in [-0.05, 0) is 115 Å². The SMILES string of the molecule is COC(=O)c1ccc(CC(NC(=O)OC(C)(C)C)C2CCC(N(CC=Cc3cc(F)ccc3F)C(=O)OC(C)(C)C)CC2)c2nc(OC)ccc12. The fourth-order valence-corrected chi connectivity index (χ4v) is 6.30. The molecule has 1 saturated carbocycles. The van der Waals surface area contributed by atoms with Crippen molar-refractivity contribution >= 4 is 35.1 Å². The van der Waals surface area contributed by atoms with Crippen LogP contribution in [-0.2, 0) is 20.6 Å². The number of alkyl carbamates (subject to hydrolysis) is 1. The first-order valence-electron chi connectivity index (χ1n) is 17.1. The van der Waals surface area contributed by atoms with Crippen LogP contribution in [0.15, 0.2) is 48.5 Å². The zero-order valence-corrected chi connectivity index (χ0v) is 30.7. The number of hydrogen-bond acceptors (Lipinski definition) is 8. The van der Waals surface area contributed by atoms with Crippen molar-refractivity contribution in [2.45, 2.75) is 96.9 Å². The molecule has 1 atom stereocenters. The topological polar surface area (TPSA) is 116 Å². The molecule has 51 heavy (non-hydrogen) atoms. The van der Waals surface area contributed by atoms with E-state index >= 15 is 0 Å². The van der Waals surface area contributed by atoms with Crippen molar-refractivity contribution in [2.75, 3.05) is 20.8 Å². The highest BCUT2D eigenvalue weighted by molar-refractivity contribution is 6.04. The molecule has 0 aliphatic heterocycles. The maximum Gasteiger partial charge on any atom is 0.410 e. The molecule has 2 aromatic carbocycles. The maximum atomic E-state index is 14.3. The molecule has 0 radical (unpaired) electrons. The molecular weight excluding hydrogens is 660 g/mol. The van der Waals surface area contributed by atoms with E-state index in [0.717, 1.165) is 23.8 Å². The minimum atomic E-state index is -0.740. The molecular formula is C39H49F2N3O7. The summed E-state index contributed by atoms with van der Waals surface area (Å²) >= 11 is 0. The zero-order valence-electron chi connectivity index (χ0n) is 30.7. The molecule has 0 saturated heterocycles. The van der Waals surface area contributed by atoms with E-state index in [1.807, 2.05) is 6.07 Å². The van der Waals surface area contributed by atoms with Crippen molar-refractivity contribution in [2.24, 2.45) is 5.92 Å². The minimum absolute atomic E-state index is 0.00729. The summed E-state index contributed by atoms with van der Waals surface area (Å²) < 4.78 is 49.8. The van der Waals surface area contributed by atoms with Gasteiger partial charge in [0, 0.05) is 35.6 Å². The van der Waals surface area contributed by atoms with Gasteiger partial charge in [-0.3, -0.25) is 0 Å². The number of amides is 2. The Labute approximate surface area is 298 Å². The molecule has 4 rings (SSSR count). The van der Waals surface area contributed by atoms with E-state index in [9.17, 15) is 23.2 Å². The second-order valence-electron chi connectivity index (χ2n) is 14.7. The van der Waals surface area contributed by atoms with Crippen molar-refractivity contribution in [1.29, 1.82) is 0 Å². The number of nitrogens with one attached hydrogen (secondary N) is 1. The second-order valence-corrected chi connectivity index (χ2v) is 14.7. The van der Waals surface area contributed by atoms with Gasteiger partial charge >= 0.3 is 18.2 Å². The van der Waals surface area contributed by atoms with E-state index in [-0.39, 0.29) is 30.1 Å². The number of nitrogens with zero attached hydrogens (tertiary/aromatic N) is 2. The smallest absolute Gasteiger partial charge is 0.410 e. The first kappa shape index (κ1) is 39.1. The van der Waals surface area contributed by atoms with Crippen LogP contribution in [0.3, 0.4) is 0 Å². The highest BCUT2D eigenvalue weighted by atomic mass is 19.1. The van der Waals surface area contributed by atoms with Crippen molar-refractivity contribution in [3.8, 4) is 5.88 Å². The first-order chi connectivity index (χ1) is 24.0. The number of carbonyl (C=O) groups is 3. The van der Waals surface area contributed by atoms with Crippen molar-refractivity contribution < 1.29 is 42.1 Å². The Kier molecular flexibility index (Phi) is 12.6. The Bertz CT molecular complexity index is 1740. The maximum absolute atomic E-state index is 14.3. The molecule has 276 valence electrons. The van der Waals surface area contributed by atoms with E-state index in [0.29, 0.717) is 54.5 Å². The molecule has 2 amide bonds. The molecule has 0 spiro atoms. The molecule has 10 nitrogen and oxygen atoms in total. The van der Waals surface area contributed by atoms with Gasteiger partial charge in [-0.2, -0.15) is 0 Å². The number of hydrogen-bond donors (Lipinski definition) is 1. The molecule has 3 aromatic rings. The van der Waals surface area contributed by atoms with Gasteiger partial charge in [0.2, 0.25) is 5.88 Å². The van der Waals surface area contributed by atoms with Crippen LogP contribution in [0.1, 0.15) is 88.7 Å². The lowest BCUT2D eigenvalue weighted by Crippen LogP contribution is -2.49. The number of benzene rings is 2. The number of carbonyl (C=O) groups excluding carboxylic acids is 3. The Morgan fingerprint density at radius 1 is 0.941 bits per heavy atom. The molecule has 1 N–H and O–H groups in total. The molecule has 1 heterocycles. The number of methoxy groups -OCH3 is 2. The van der Waals surface area contributed by atoms with Gasteiger partial charge in [0.15, 0.2) is 0 Å². The van der Waals surface area contributed by atoms with Crippen molar-refractivity contribution in [3.05, 3.63) is 76.9 Å². The summed E-state index contributed by atoms with van der Waals surface area (Å²) in [4.78, 5) is 45.5. The average Bonchev–Trinajstić information content (AvgIpc) is 3.05. The van der Waals surface area contributed by atoms with Crippen LogP contribution in [0.5, 0.6) is 5.88 Å². The normalized spacial score (nSPS) is 17.1. The highest BCUT2D eigenvalue weighted by Crippen LogP contribution is 2.34. The number of fused-ring (bicyclic) bond motifs is 1. The first-order valence-corrected chi connectivity index (χ1v) is 17.1. The summed E-state index contributed by atoms with van der Waals surface area (Å²) in [5.41, 5.74) is 0.338. The third kappa shape index (κ3) is 10.9. The molecule has 1 aromatic heterocycles. The van der Waals surface area contributed by atoms with Gasteiger partial charge in [0.1, 0.15) is 22.8 Å². The third-order valence-electron chi connectivity index (χ3n) is 8.61. The van der Waals surface area contributed by atoms with E-state index in [2.05, 4.69) is 10.3 Å². The van der Waals surface area contributed by atoms with Crippen LogP contribution in [-0.4, -0.2) is 72.1 Å². The average molecular weight is 710 g/mol. The van der Waals surface area contributed by atoms with Crippen LogP contribution in [0.25, 0.3) is 17.0 Å². The quantitative estimate of drug-likeness (QED) is 0.165. The number of halogens is 2. The summed E-state index contributed by atoms with van der Waals surface area (Å²) in [5.74, 6) is -1.26. The van der Waals surface area contributed by atoms with E-state index in [1.165, 1.54) is 20.3 Å². The number of ether oxygens (including phenoxy) is 4. The Hall–Kier alpha value is -4.74. The van der Waals surface area contributed by atoms with Crippen LogP contribution in [0.2, 0.25) is 0 Å². The molecule has 1 unspecified atom stereocenters. The highest BCUT2D eigenvalue weighted by Gasteiger charge is 2.35. The van der Waals surface area contributed by atoms with Gasteiger partial charge < -0.3 is 29.2 Å². The van der Waals surface area contributed by atoms with Crippen LogP contribution in [0.4, 0.5) is 18.4 Å². The molecule has 12 heteroatoms. The summed E-state index contributed by atoms with van der Waals surface area (Å²) in [5, 5.41) is 3.70. The number of aromatic nitrogens is 1. The predicted octanol–water partition coefficient (Wildman–Crippen LogP) is 8.25. The Morgan fingerprint density at radius 2 is 1.63 bits per heavy atom. The summed E-state index contributed by atoms with van der Waals surface area (Å²) in [7, 11) is 2.83. The fourth-order valence-electron chi connectivity index (χ4n) is 6.30. The lowest BCUT2D eigenvalue weighted by atomic mass is 9.79. The van der Waals surface area contributed by atoms with Crippen LogP contribution >= 0.6 is 0 Å². The summed E-state index contributed by atoms with van der Waals surface area (Å²) in [6, 6.07) is 9.58. The van der Waals surface area contributed by atoms with E-state index in [1.54, 1.807) is 70.7 Å². The minimum Gasteiger partial charge on any atom is -0.481 e. The van der Waals surface area contributed by atoms with Crippen molar-refractivity contribution in [1.82, 2.24) is 15.2 Å². The van der Waals surface area contributed by atoms with Crippen LogP contribution < -0.4 is 10.1 Å². The van der Waals surface area contributed by atoms with E-state index < -0.39 is 41.0 Å². The van der Waals surface area contributed by atoms with Gasteiger partial charge in [-0.1, -0.05) is 18.2 Å². The predicted molar refractivity (Wildman–Crippen MR) is 191 cm³/mol. The van der Waals surface area contributed by atoms with Gasteiger partial charge in [0.05, 0.1) is 25.3 Å². The third-order valence-corrected chi connectivity index (χ3v) is 8.61. The number of rotatable bonds is 10. The van der Waals surface area contributed by atoms with Crippen LogP contribution in [0, 0.1) is 17.6 Å². The van der Waals surface area contributed by atoms with Crippen molar-refractivity contribution in [3.63, 3.8) is 0 Å². The summed E-state index contributed by atoms with van der Waals surface area (Å²) in [6.07, 6.45) is 4.93. The standard InChI is InChI=1S/C39H49F2N3O7/c1-38(2,3)50-36(46)42-32(23-26-13-17-30(35(45)49-8)29-18-20-33(48-7)43-34(26)29)24-11-15-28(16-12-24)44(37(47)51-39(4,5)6)21-9-10-25-22-27(40)14-19-31(25)41/h9-10,13-14,17-20,22,24,28,32H,11-12,15-16,21,23H2,1-8H3,(H,42,46). The molecule has 1 aliphatic rings. The number of pyridine rings is 1. The molecule has 1 fully saturated rings. The van der Waals surface area contributed by atoms with Gasteiger partial charge in [-0.25, -0.2) is 28.1 Å².